The van der Waals surface area contributed by atoms with Gasteiger partial charge in [-0.15, -0.1) is 6.58 Å². The summed E-state index contributed by atoms with van der Waals surface area (Å²) in [5.41, 5.74) is 7.08. The molecule has 0 aliphatic heterocycles. The average molecular weight is 139 g/mol. The van der Waals surface area contributed by atoms with Gasteiger partial charge in [0.1, 0.15) is 0 Å². The van der Waals surface area contributed by atoms with Crippen molar-refractivity contribution in [2.24, 2.45) is 11.7 Å². The predicted molar refractivity (Wildman–Crippen MR) is 44.7 cm³/mol. The molecule has 2 unspecified atom stereocenters. The molecular formula is C9H17N. The van der Waals surface area contributed by atoms with Crippen molar-refractivity contribution in [2.45, 2.75) is 38.6 Å². The standard InChI is InChI=1S/C9H17N/c1-7(2)5-8-3-4-9(10)6-8/h8-9H,1,3-6,10H2,2H3. The van der Waals surface area contributed by atoms with E-state index in [0.717, 1.165) is 5.92 Å². The summed E-state index contributed by atoms with van der Waals surface area (Å²) in [7, 11) is 0. The maximum absolute atomic E-state index is 5.77. The van der Waals surface area contributed by atoms with Crippen LogP contribution in [0.3, 0.4) is 0 Å². The van der Waals surface area contributed by atoms with Gasteiger partial charge in [-0.3, -0.25) is 0 Å². The summed E-state index contributed by atoms with van der Waals surface area (Å²) in [5.74, 6) is 0.840. The Kier molecular flexibility index (Phi) is 2.50. The lowest BCUT2D eigenvalue weighted by molar-refractivity contribution is 0.533. The number of hydrogen-bond acceptors (Lipinski definition) is 1. The van der Waals surface area contributed by atoms with Crippen LogP contribution in [0.15, 0.2) is 12.2 Å². The van der Waals surface area contributed by atoms with Crippen molar-refractivity contribution in [3.63, 3.8) is 0 Å². The first-order chi connectivity index (χ1) is 4.68. The maximum atomic E-state index is 5.77. The summed E-state index contributed by atoms with van der Waals surface area (Å²) in [6.45, 7) is 6.00. The van der Waals surface area contributed by atoms with Crippen LogP contribution >= 0.6 is 0 Å². The molecule has 58 valence electrons. The van der Waals surface area contributed by atoms with Crippen molar-refractivity contribution in [3.8, 4) is 0 Å². The lowest BCUT2D eigenvalue weighted by atomic mass is 10.00. The van der Waals surface area contributed by atoms with Gasteiger partial charge in [0.05, 0.1) is 0 Å². The number of allylic oxidation sites excluding steroid dienone is 1. The Morgan fingerprint density at radius 1 is 1.60 bits per heavy atom. The van der Waals surface area contributed by atoms with Crippen molar-refractivity contribution in [1.82, 2.24) is 0 Å². The summed E-state index contributed by atoms with van der Waals surface area (Å²) < 4.78 is 0. The highest BCUT2D eigenvalue weighted by atomic mass is 14.6. The Morgan fingerprint density at radius 2 is 2.30 bits per heavy atom. The minimum Gasteiger partial charge on any atom is -0.328 e. The van der Waals surface area contributed by atoms with Gasteiger partial charge in [0.2, 0.25) is 0 Å². The van der Waals surface area contributed by atoms with Crippen LogP contribution in [0.1, 0.15) is 32.6 Å². The van der Waals surface area contributed by atoms with Crippen molar-refractivity contribution in [2.75, 3.05) is 0 Å². The van der Waals surface area contributed by atoms with Crippen molar-refractivity contribution < 1.29 is 0 Å². The first-order valence-electron chi connectivity index (χ1n) is 4.08. The predicted octanol–water partition coefficient (Wildman–Crippen LogP) is 2.08. The van der Waals surface area contributed by atoms with Gasteiger partial charge >= 0.3 is 0 Å². The maximum Gasteiger partial charge on any atom is 0.00416 e. The normalized spacial score (nSPS) is 32.6. The Balaban J connectivity index is 2.24. The third kappa shape index (κ3) is 2.14. The van der Waals surface area contributed by atoms with Gasteiger partial charge in [0, 0.05) is 6.04 Å². The minimum absolute atomic E-state index is 0.476. The van der Waals surface area contributed by atoms with Gasteiger partial charge in [0.25, 0.3) is 0 Å². The number of rotatable bonds is 2. The van der Waals surface area contributed by atoms with Gasteiger partial charge in [-0.1, -0.05) is 5.57 Å². The molecule has 0 saturated heterocycles. The second kappa shape index (κ2) is 3.20. The van der Waals surface area contributed by atoms with Gasteiger partial charge in [0.15, 0.2) is 0 Å². The lowest BCUT2D eigenvalue weighted by Gasteiger charge is -2.07. The molecule has 1 fully saturated rings. The first-order valence-corrected chi connectivity index (χ1v) is 4.08. The molecule has 0 bridgehead atoms. The van der Waals surface area contributed by atoms with Crippen LogP contribution < -0.4 is 5.73 Å². The van der Waals surface area contributed by atoms with Crippen LogP contribution in [0, 0.1) is 5.92 Å². The summed E-state index contributed by atoms with van der Waals surface area (Å²) in [4.78, 5) is 0. The fourth-order valence-corrected chi connectivity index (χ4v) is 1.79. The smallest absolute Gasteiger partial charge is 0.00416 e. The van der Waals surface area contributed by atoms with Crippen LogP contribution in [0.4, 0.5) is 0 Å². The Bertz CT molecular complexity index is 129. The molecule has 1 rings (SSSR count). The molecule has 0 heterocycles. The zero-order valence-corrected chi connectivity index (χ0v) is 6.77. The molecule has 0 aromatic rings. The van der Waals surface area contributed by atoms with E-state index in [4.69, 9.17) is 5.73 Å². The van der Waals surface area contributed by atoms with Crippen LogP contribution in [0.5, 0.6) is 0 Å². The summed E-state index contributed by atoms with van der Waals surface area (Å²) >= 11 is 0. The SMILES string of the molecule is C=C(C)CC1CCC(N)C1. The van der Waals surface area contributed by atoms with Crippen LogP contribution in [0.2, 0.25) is 0 Å². The Hall–Kier alpha value is -0.300. The summed E-state index contributed by atoms with van der Waals surface area (Å²) in [6.07, 6.45) is 4.94. The molecule has 2 N–H and O–H groups in total. The van der Waals surface area contributed by atoms with Gasteiger partial charge in [-0.05, 0) is 38.5 Å². The van der Waals surface area contributed by atoms with Gasteiger partial charge < -0.3 is 5.73 Å². The second-order valence-electron chi connectivity index (χ2n) is 3.60. The molecular weight excluding hydrogens is 122 g/mol. The van der Waals surface area contributed by atoms with Crippen molar-refractivity contribution in [1.29, 1.82) is 0 Å². The van der Waals surface area contributed by atoms with Crippen LogP contribution in [-0.4, -0.2) is 6.04 Å². The monoisotopic (exact) mass is 139 g/mol. The molecule has 1 saturated carbocycles. The topological polar surface area (TPSA) is 26.0 Å². The van der Waals surface area contributed by atoms with Crippen molar-refractivity contribution >= 4 is 0 Å². The van der Waals surface area contributed by atoms with E-state index in [2.05, 4.69) is 13.5 Å². The highest BCUT2D eigenvalue weighted by Crippen LogP contribution is 2.28. The third-order valence-corrected chi connectivity index (χ3v) is 2.22. The Labute approximate surface area is 63.3 Å². The van der Waals surface area contributed by atoms with E-state index in [1.54, 1.807) is 0 Å². The lowest BCUT2D eigenvalue weighted by Crippen LogP contribution is -2.14. The molecule has 1 aliphatic rings. The highest BCUT2D eigenvalue weighted by molar-refractivity contribution is 4.93. The molecule has 0 aromatic carbocycles. The van der Waals surface area contributed by atoms with Gasteiger partial charge in [-0.25, -0.2) is 0 Å². The van der Waals surface area contributed by atoms with E-state index in [9.17, 15) is 0 Å². The average Bonchev–Trinajstić information content (AvgIpc) is 2.13. The zero-order chi connectivity index (χ0) is 7.56. The van der Waals surface area contributed by atoms with E-state index in [0.29, 0.717) is 6.04 Å². The fraction of sp³-hybridized carbons (Fsp3) is 0.778. The molecule has 0 spiro atoms. The van der Waals surface area contributed by atoms with E-state index in [-0.39, 0.29) is 0 Å². The van der Waals surface area contributed by atoms with E-state index < -0.39 is 0 Å². The van der Waals surface area contributed by atoms with E-state index in [1.807, 2.05) is 0 Å². The molecule has 10 heavy (non-hydrogen) atoms. The number of hydrogen-bond donors (Lipinski definition) is 1. The molecule has 2 atom stereocenters. The molecule has 1 heteroatoms. The van der Waals surface area contributed by atoms with E-state index >= 15 is 0 Å². The third-order valence-electron chi connectivity index (χ3n) is 2.22. The molecule has 1 nitrogen and oxygen atoms in total. The zero-order valence-electron chi connectivity index (χ0n) is 6.77. The van der Waals surface area contributed by atoms with Crippen molar-refractivity contribution in [3.05, 3.63) is 12.2 Å². The largest absolute Gasteiger partial charge is 0.328 e. The quantitative estimate of drug-likeness (QED) is 0.582. The Morgan fingerprint density at radius 3 is 2.70 bits per heavy atom. The van der Waals surface area contributed by atoms with Crippen LogP contribution in [0.25, 0.3) is 0 Å². The molecule has 0 amide bonds. The fourth-order valence-electron chi connectivity index (χ4n) is 1.79. The molecule has 1 aliphatic carbocycles. The highest BCUT2D eigenvalue weighted by Gasteiger charge is 2.20. The molecule has 0 aromatic heterocycles. The summed E-state index contributed by atoms with van der Waals surface area (Å²) in [5, 5.41) is 0. The van der Waals surface area contributed by atoms with Crippen LogP contribution in [-0.2, 0) is 0 Å². The number of nitrogens with two attached hydrogens (primary N) is 1. The first kappa shape index (κ1) is 7.80. The van der Waals surface area contributed by atoms with E-state index in [1.165, 1.54) is 31.3 Å². The second-order valence-corrected chi connectivity index (χ2v) is 3.60. The van der Waals surface area contributed by atoms with Gasteiger partial charge in [-0.2, -0.15) is 0 Å². The summed E-state index contributed by atoms with van der Waals surface area (Å²) in [6, 6.07) is 0.476. The molecule has 0 radical (unpaired) electrons. The minimum atomic E-state index is 0.476.